The van der Waals surface area contributed by atoms with Crippen LogP contribution in [-0.4, -0.2) is 47.9 Å². The number of hydrogen-bond donors (Lipinski definition) is 3. The molecule has 12 nitrogen and oxygen atoms in total. The van der Waals surface area contributed by atoms with Gasteiger partial charge in [-0.15, -0.1) is 0 Å². The maximum Gasteiger partial charge on any atom is 0.329 e. The first kappa shape index (κ1) is 26.8. The second-order valence-corrected chi connectivity index (χ2v) is 7.54. The predicted molar refractivity (Wildman–Crippen MR) is 123 cm³/mol. The molecule has 2 aromatic carbocycles. The minimum Gasteiger partial charge on any atom is -0.493 e. The van der Waals surface area contributed by atoms with Crippen molar-refractivity contribution in [2.45, 2.75) is 26.8 Å². The molecule has 186 valence electrons. The summed E-state index contributed by atoms with van der Waals surface area (Å²) in [4.78, 5) is 59.5. The van der Waals surface area contributed by atoms with Gasteiger partial charge in [-0.2, -0.15) is 0 Å². The lowest BCUT2D eigenvalue weighted by Gasteiger charge is -2.21. The number of benzene rings is 2. The van der Waals surface area contributed by atoms with E-state index >= 15 is 0 Å². The van der Waals surface area contributed by atoms with Crippen LogP contribution in [0, 0.1) is 16.0 Å². The number of nitro benzene ring substituents is 1. The molecule has 0 aliphatic carbocycles. The standard InChI is InChI=1S/C23H26N4O8/c1-4-34-18-11-6-5-10-17(18)22(30)24-20(14(2)3)23(31)35-13-19(28)25-26-21(29)15-8-7-9-16(12-15)27(32)33/h5-12,14,20H,4,13H2,1-3H3,(H,24,30)(H,25,28)(H,26,29)/t20-/m0/s1. The zero-order valence-corrected chi connectivity index (χ0v) is 19.4. The smallest absolute Gasteiger partial charge is 0.329 e. The van der Waals surface area contributed by atoms with Crippen molar-refractivity contribution in [2.24, 2.45) is 5.92 Å². The van der Waals surface area contributed by atoms with Crippen molar-refractivity contribution in [1.29, 1.82) is 0 Å². The Balaban J connectivity index is 1.91. The molecular formula is C23H26N4O8. The summed E-state index contributed by atoms with van der Waals surface area (Å²) in [5.41, 5.74) is 4.04. The van der Waals surface area contributed by atoms with Gasteiger partial charge in [0.1, 0.15) is 11.8 Å². The Morgan fingerprint density at radius 1 is 1.00 bits per heavy atom. The minimum absolute atomic E-state index is 0.0496. The molecule has 0 aliphatic heterocycles. The molecule has 0 aromatic heterocycles. The number of nitro groups is 1. The Morgan fingerprint density at radius 3 is 2.37 bits per heavy atom. The number of ether oxygens (including phenoxy) is 2. The molecule has 0 fully saturated rings. The van der Waals surface area contributed by atoms with Gasteiger partial charge in [-0.25, -0.2) is 4.79 Å². The molecule has 1 atom stereocenters. The zero-order valence-electron chi connectivity index (χ0n) is 19.4. The summed E-state index contributed by atoms with van der Waals surface area (Å²) in [7, 11) is 0. The van der Waals surface area contributed by atoms with Gasteiger partial charge >= 0.3 is 5.97 Å². The first-order valence-electron chi connectivity index (χ1n) is 10.7. The molecule has 0 spiro atoms. The van der Waals surface area contributed by atoms with Crippen molar-refractivity contribution in [3.05, 3.63) is 69.8 Å². The fraction of sp³-hybridized carbons (Fsp3) is 0.304. The van der Waals surface area contributed by atoms with Gasteiger partial charge in [-0.3, -0.25) is 35.3 Å². The second-order valence-electron chi connectivity index (χ2n) is 7.54. The van der Waals surface area contributed by atoms with Crippen molar-refractivity contribution < 1.29 is 33.6 Å². The number of hydrazine groups is 1. The largest absolute Gasteiger partial charge is 0.493 e. The molecule has 2 rings (SSSR count). The summed E-state index contributed by atoms with van der Waals surface area (Å²) >= 11 is 0. The third kappa shape index (κ3) is 7.81. The van der Waals surface area contributed by atoms with Gasteiger partial charge in [-0.05, 0) is 31.0 Å². The molecule has 0 saturated heterocycles. The first-order chi connectivity index (χ1) is 16.6. The first-order valence-corrected chi connectivity index (χ1v) is 10.7. The fourth-order valence-corrected chi connectivity index (χ4v) is 2.87. The molecule has 2 aromatic rings. The Morgan fingerprint density at radius 2 is 1.71 bits per heavy atom. The van der Waals surface area contributed by atoms with Gasteiger partial charge < -0.3 is 14.8 Å². The quantitative estimate of drug-likeness (QED) is 0.259. The van der Waals surface area contributed by atoms with Crippen LogP contribution < -0.4 is 20.9 Å². The molecule has 0 unspecified atom stereocenters. The highest BCUT2D eigenvalue weighted by Crippen LogP contribution is 2.18. The SMILES string of the molecule is CCOc1ccccc1C(=O)N[C@H](C(=O)OCC(=O)NNC(=O)c1cccc([N+](=O)[O-])c1)C(C)C. The summed E-state index contributed by atoms with van der Waals surface area (Å²) in [5, 5.41) is 13.4. The molecule has 0 radical (unpaired) electrons. The Bertz CT molecular complexity index is 1100. The number of hydrogen-bond acceptors (Lipinski definition) is 8. The number of amides is 3. The van der Waals surface area contributed by atoms with E-state index in [1.54, 1.807) is 45.0 Å². The van der Waals surface area contributed by atoms with E-state index in [1.807, 2.05) is 0 Å². The summed E-state index contributed by atoms with van der Waals surface area (Å²) in [6, 6.07) is 10.4. The van der Waals surface area contributed by atoms with Gasteiger partial charge in [-0.1, -0.05) is 32.0 Å². The van der Waals surface area contributed by atoms with E-state index in [1.165, 1.54) is 18.2 Å². The number of non-ortho nitro benzene ring substituents is 1. The van der Waals surface area contributed by atoms with E-state index in [4.69, 9.17) is 9.47 Å². The monoisotopic (exact) mass is 486 g/mol. The maximum absolute atomic E-state index is 12.7. The molecular weight excluding hydrogens is 460 g/mol. The van der Waals surface area contributed by atoms with E-state index in [-0.39, 0.29) is 22.7 Å². The van der Waals surface area contributed by atoms with Crippen molar-refractivity contribution in [3.8, 4) is 5.75 Å². The topological polar surface area (TPSA) is 166 Å². The highest BCUT2D eigenvalue weighted by molar-refractivity contribution is 5.99. The number of nitrogens with zero attached hydrogens (tertiary/aromatic N) is 1. The highest BCUT2D eigenvalue weighted by atomic mass is 16.6. The van der Waals surface area contributed by atoms with Crippen LogP contribution >= 0.6 is 0 Å². The van der Waals surface area contributed by atoms with Crippen LogP contribution in [0.4, 0.5) is 5.69 Å². The Hall–Kier alpha value is -4.48. The average Bonchev–Trinajstić information content (AvgIpc) is 2.84. The van der Waals surface area contributed by atoms with E-state index in [0.717, 1.165) is 6.07 Å². The highest BCUT2D eigenvalue weighted by Gasteiger charge is 2.28. The lowest BCUT2D eigenvalue weighted by atomic mass is 10.0. The number of carbonyl (C=O) groups excluding carboxylic acids is 4. The summed E-state index contributed by atoms with van der Waals surface area (Å²) < 4.78 is 10.4. The van der Waals surface area contributed by atoms with Crippen LogP contribution in [0.3, 0.4) is 0 Å². The van der Waals surface area contributed by atoms with Gasteiger partial charge in [0, 0.05) is 17.7 Å². The van der Waals surface area contributed by atoms with E-state index in [9.17, 15) is 29.3 Å². The minimum atomic E-state index is -1.05. The normalized spacial score (nSPS) is 11.2. The molecule has 0 bridgehead atoms. The van der Waals surface area contributed by atoms with Crippen LogP contribution in [0.1, 0.15) is 41.5 Å². The van der Waals surface area contributed by atoms with Gasteiger partial charge in [0.15, 0.2) is 6.61 Å². The lowest BCUT2D eigenvalue weighted by Crippen LogP contribution is -2.47. The third-order valence-corrected chi connectivity index (χ3v) is 4.62. The molecule has 0 heterocycles. The van der Waals surface area contributed by atoms with Crippen LogP contribution in [-0.2, 0) is 14.3 Å². The molecule has 12 heteroatoms. The number of para-hydroxylation sites is 1. The van der Waals surface area contributed by atoms with Crippen molar-refractivity contribution in [1.82, 2.24) is 16.2 Å². The molecule has 0 aliphatic rings. The average molecular weight is 486 g/mol. The number of carbonyl (C=O) groups is 4. The number of nitrogens with one attached hydrogen (secondary N) is 3. The van der Waals surface area contributed by atoms with Crippen LogP contribution in [0.5, 0.6) is 5.75 Å². The van der Waals surface area contributed by atoms with Crippen molar-refractivity contribution >= 4 is 29.4 Å². The van der Waals surface area contributed by atoms with Gasteiger partial charge in [0.05, 0.1) is 17.1 Å². The summed E-state index contributed by atoms with van der Waals surface area (Å²) in [5.74, 6) is -3.04. The molecule has 3 amide bonds. The summed E-state index contributed by atoms with van der Waals surface area (Å²) in [6.07, 6.45) is 0. The fourth-order valence-electron chi connectivity index (χ4n) is 2.87. The number of esters is 1. The van der Waals surface area contributed by atoms with Gasteiger partial charge in [0.25, 0.3) is 23.4 Å². The van der Waals surface area contributed by atoms with Crippen molar-refractivity contribution in [3.63, 3.8) is 0 Å². The zero-order chi connectivity index (χ0) is 26.0. The molecule has 35 heavy (non-hydrogen) atoms. The molecule has 0 saturated carbocycles. The molecule has 3 N–H and O–H groups in total. The lowest BCUT2D eigenvalue weighted by molar-refractivity contribution is -0.384. The maximum atomic E-state index is 12.7. The number of rotatable bonds is 10. The van der Waals surface area contributed by atoms with E-state index in [2.05, 4.69) is 16.2 Å². The predicted octanol–water partition coefficient (Wildman–Crippen LogP) is 1.75. The van der Waals surface area contributed by atoms with Gasteiger partial charge in [0.2, 0.25) is 0 Å². The third-order valence-electron chi connectivity index (χ3n) is 4.62. The van der Waals surface area contributed by atoms with E-state index < -0.39 is 41.3 Å². The Labute approximate surface area is 201 Å². The van der Waals surface area contributed by atoms with Crippen LogP contribution in [0.25, 0.3) is 0 Å². The van der Waals surface area contributed by atoms with Crippen molar-refractivity contribution in [2.75, 3.05) is 13.2 Å². The van der Waals surface area contributed by atoms with E-state index in [0.29, 0.717) is 12.4 Å². The van der Waals surface area contributed by atoms with Crippen LogP contribution in [0.15, 0.2) is 48.5 Å². The Kier molecular flexibility index (Phi) is 9.70. The second kappa shape index (κ2) is 12.7. The van der Waals surface area contributed by atoms with Crippen LogP contribution in [0.2, 0.25) is 0 Å². The summed E-state index contributed by atoms with van der Waals surface area (Å²) in [6.45, 7) is 4.79.